The van der Waals surface area contributed by atoms with Crippen LogP contribution in [0.2, 0.25) is 0 Å². The summed E-state index contributed by atoms with van der Waals surface area (Å²) in [7, 11) is 0. The van der Waals surface area contributed by atoms with Crippen LogP contribution in [0.3, 0.4) is 0 Å². The third-order valence-electron chi connectivity index (χ3n) is 6.51. The number of carbonyl (C=O) groups is 2. The Morgan fingerprint density at radius 1 is 1.07 bits per heavy atom. The number of nitrogens with two attached hydrogens (primary N) is 1. The van der Waals surface area contributed by atoms with E-state index in [4.69, 9.17) is 10.7 Å². The standard InChI is InChI=1S/C30H28N6O3S/c1-3-32-30(39)35-26-14-21(29-34-24(17-40-29)19-8-6-5-7-9-19)20(15-33-26)12-18-10-11-25-22(13-18)27(37)23(28(31)38)16-36(25)4-2/h5-11,13-17H,3-4,12H2,1-2H3,(H2,31,38)(H2,32,33,35,39). The molecule has 0 spiro atoms. The monoisotopic (exact) mass is 552 g/mol. The van der Waals surface area contributed by atoms with Crippen molar-refractivity contribution >= 4 is 40.0 Å². The second-order valence-electron chi connectivity index (χ2n) is 9.17. The number of urea groups is 1. The molecule has 10 heteroatoms. The molecule has 0 unspecified atom stereocenters. The van der Waals surface area contributed by atoms with Crippen molar-refractivity contribution in [1.82, 2.24) is 19.9 Å². The molecule has 202 valence electrons. The molecule has 0 saturated heterocycles. The van der Waals surface area contributed by atoms with Gasteiger partial charge in [-0.3, -0.25) is 14.9 Å². The fraction of sp³-hybridized carbons (Fsp3) is 0.167. The van der Waals surface area contributed by atoms with Crippen LogP contribution in [0.5, 0.6) is 0 Å². The van der Waals surface area contributed by atoms with Gasteiger partial charge in [-0.05, 0) is 49.6 Å². The minimum absolute atomic E-state index is 0.0362. The van der Waals surface area contributed by atoms with E-state index >= 15 is 0 Å². The van der Waals surface area contributed by atoms with Gasteiger partial charge in [-0.1, -0.05) is 36.4 Å². The molecule has 0 bridgehead atoms. The average Bonchev–Trinajstić information content (AvgIpc) is 3.45. The summed E-state index contributed by atoms with van der Waals surface area (Å²) in [6.45, 7) is 4.85. The van der Waals surface area contributed by atoms with Crippen molar-refractivity contribution in [3.8, 4) is 21.8 Å². The van der Waals surface area contributed by atoms with Crippen LogP contribution in [0.1, 0.15) is 35.3 Å². The van der Waals surface area contributed by atoms with Gasteiger partial charge in [-0.15, -0.1) is 11.3 Å². The highest BCUT2D eigenvalue weighted by Gasteiger charge is 2.17. The molecule has 3 aromatic heterocycles. The van der Waals surface area contributed by atoms with E-state index in [0.29, 0.717) is 30.7 Å². The maximum Gasteiger partial charge on any atom is 0.320 e. The summed E-state index contributed by atoms with van der Waals surface area (Å²) in [5, 5.41) is 8.69. The summed E-state index contributed by atoms with van der Waals surface area (Å²) in [5.74, 6) is -0.351. The Labute approximate surface area is 234 Å². The van der Waals surface area contributed by atoms with E-state index in [0.717, 1.165) is 38.5 Å². The van der Waals surface area contributed by atoms with Crippen LogP contribution in [0.15, 0.2) is 77.2 Å². The second-order valence-corrected chi connectivity index (χ2v) is 10.0. The minimum atomic E-state index is -0.751. The van der Waals surface area contributed by atoms with Crippen molar-refractivity contribution < 1.29 is 9.59 Å². The molecule has 0 saturated carbocycles. The van der Waals surface area contributed by atoms with Gasteiger partial charge < -0.3 is 15.6 Å². The van der Waals surface area contributed by atoms with Gasteiger partial charge in [-0.2, -0.15) is 0 Å². The number of hydrogen-bond donors (Lipinski definition) is 3. The van der Waals surface area contributed by atoms with E-state index in [9.17, 15) is 14.4 Å². The maximum absolute atomic E-state index is 13.1. The van der Waals surface area contributed by atoms with E-state index in [2.05, 4.69) is 15.6 Å². The van der Waals surface area contributed by atoms with E-state index in [-0.39, 0.29) is 17.0 Å². The molecule has 0 atom stereocenters. The molecule has 0 aliphatic carbocycles. The molecule has 2 aromatic carbocycles. The summed E-state index contributed by atoms with van der Waals surface area (Å²) in [6, 6.07) is 17.0. The van der Waals surface area contributed by atoms with Gasteiger partial charge in [0.1, 0.15) is 16.4 Å². The number of aryl methyl sites for hydroxylation is 1. The first-order chi connectivity index (χ1) is 19.4. The largest absolute Gasteiger partial charge is 0.365 e. The molecule has 0 radical (unpaired) electrons. The first-order valence-electron chi connectivity index (χ1n) is 12.9. The van der Waals surface area contributed by atoms with Crippen LogP contribution >= 0.6 is 11.3 Å². The average molecular weight is 553 g/mol. The fourth-order valence-corrected chi connectivity index (χ4v) is 5.44. The Hall–Kier alpha value is -4.83. The lowest BCUT2D eigenvalue weighted by atomic mass is 9.99. The van der Waals surface area contributed by atoms with Crippen molar-refractivity contribution in [3.05, 3.63) is 99.3 Å². The molecule has 3 amide bonds. The molecule has 3 heterocycles. The van der Waals surface area contributed by atoms with Gasteiger partial charge in [0.2, 0.25) is 5.43 Å². The Morgan fingerprint density at radius 2 is 1.88 bits per heavy atom. The Kier molecular flexibility index (Phi) is 7.70. The number of primary amides is 1. The minimum Gasteiger partial charge on any atom is -0.365 e. The maximum atomic E-state index is 13.1. The van der Waals surface area contributed by atoms with E-state index in [1.165, 1.54) is 17.5 Å². The van der Waals surface area contributed by atoms with Crippen LogP contribution < -0.4 is 21.8 Å². The number of amides is 3. The molecular weight excluding hydrogens is 524 g/mol. The van der Waals surface area contributed by atoms with Crippen molar-refractivity contribution in [2.45, 2.75) is 26.8 Å². The zero-order valence-corrected chi connectivity index (χ0v) is 22.9. The lowest BCUT2D eigenvalue weighted by molar-refractivity contribution is 0.0998. The van der Waals surface area contributed by atoms with Crippen LogP contribution in [0.25, 0.3) is 32.7 Å². The zero-order chi connectivity index (χ0) is 28.2. The van der Waals surface area contributed by atoms with Crippen LogP contribution in [-0.2, 0) is 13.0 Å². The number of thiazole rings is 1. The van der Waals surface area contributed by atoms with E-state index in [1.807, 2.05) is 72.3 Å². The fourth-order valence-electron chi connectivity index (χ4n) is 4.56. The number of pyridine rings is 2. The van der Waals surface area contributed by atoms with Crippen LogP contribution in [0.4, 0.5) is 10.6 Å². The number of carbonyl (C=O) groups excluding carboxylic acids is 2. The van der Waals surface area contributed by atoms with Crippen LogP contribution in [0, 0.1) is 0 Å². The van der Waals surface area contributed by atoms with Gasteiger partial charge in [0.15, 0.2) is 0 Å². The molecule has 9 nitrogen and oxygen atoms in total. The predicted molar refractivity (Wildman–Crippen MR) is 159 cm³/mol. The molecule has 0 aliphatic heterocycles. The Morgan fingerprint density at radius 3 is 2.60 bits per heavy atom. The molecule has 4 N–H and O–H groups in total. The summed E-state index contributed by atoms with van der Waals surface area (Å²) in [4.78, 5) is 46.5. The zero-order valence-electron chi connectivity index (χ0n) is 22.1. The number of hydrogen-bond acceptors (Lipinski definition) is 6. The number of fused-ring (bicyclic) bond motifs is 1. The molecule has 0 fully saturated rings. The molecule has 40 heavy (non-hydrogen) atoms. The number of aromatic nitrogens is 3. The summed E-state index contributed by atoms with van der Waals surface area (Å²) >= 11 is 1.50. The predicted octanol–water partition coefficient (Wildman–Crippen LogP) is 5.04. The Bertz CT molecular complexity index is 1780. The van der Waals surface area contributed by atoms with Crippen LogP contribution in [-0.4, -0.2) is 33.0 Å². The number of anilines is 1. The molecular formula is C30H28N6O3S. The number of nitrogens with one attached hydrogen (secondary N) is 2. The highest BCUT2D eigenvalue weighted by molar-refractivity contribution is 7.13. The highest BCUT2D eigenvalue weighted by Crippen LogP contribution is 2.33. The molecule has 5 aromatic rings. The topological polar surface area (TPSA) is 132 Å². The van der Waals surface area contributed by atoms with Crippen molar-refractivity contribution in [3.63, 3.8) is 0 Å². The third kappa shape index (κ3) is 5.48. The lowest BCUT2D eigenvalue weighted by Gasteiger charge is -2.13. The van der Waals surface area contributed by atoms with Gasteiger partial charge in [-0.25, -0.2) is 14.8 Å². The molecule has 5 rings (SSSR count). The third-order valence-corrected chi connectivity index (χ3v) is 7.39. The van der Waals surface area contributed by atoms with Gasteiger partial charge >= 0.3 is 6.03 Å². The summed E-state index contributed by atoms with van der Waals surface area (Å²) < 4.78 is 1.84. The smallest absolute Gasteiger partial charge is 0.320 e. The van der Waals surface area contributed by atoms with Crippen molar-refractivity contribution in [1.29, 1.82) is 0 Å². The normalized spacial score (nSPS) is 10.9. The summed E-state index contributed by atoms with van der Waals surface area (Å²) in [6.07, 6.45) is 3.68. The van der Waals surface area contributed by atoms with E-state index in [1.54, 1.807) is 12.3 Å². The Balaban J connectivity index is 1.58. The van der Waals surface area contributed by atoms with Gasteiger partial charge in [0.05, 0.1) is 11.2 Å². The first kappa shape index (κ1) is 26.8. The lowest BCUT2D eigenvalue weighted by Crippen LogP contribution is -2.28. The second kappa shape index (κ2) is 11.5. The first-order valence-corrected chi connectivity index (χ1v) is 13.8. The van der Waals surface area contributed by atoms with Gasteiger partial charge in [0.25, 0.3) is 5.91 Å². The van der Waals surface area contributed by atoms with Crippen molar-refractivity contribution in [2.24, 2.45) is 5.73 Å². The number of nitrogens with zero attached hydrogens (tertiary/aromatic N) is 3. The highest BCUT2D eigenvalue weighted by atomic mass is 32.1. The molecule has 0 aliphatic rings. The van der Waals surface area contributed by atoms with E-state index < -0.39 is 5.91 Å². The quantitative estimate of drug-likeness (QED) is 0.248. The SMILES string of the molecule is CCNC(=O)Nc1cc(-c2nc(-c3ccccc3)cs2)c(Cc2ccc3c(c2)c(=O)c(C(N)=O)cn3CC)cn1. The number of benzene rings is 2. The number of rotatable bonds is 8. The summed E-state index contributed by atoms with van der Waals surface area (Å²) in [5.41, 5.74) is 10.2. The van der Waals surface area contributed by atoms with Crippen molar-refractivity contribution in [2.75, 3.05) is 11.9 Å². The van der Waals surface area contributed by atoms with Gasteiger partial charge in [0, 0.05) is 47.4 Å².